The van der Waals surface area contributed by atoms with Gasteiger partial charge in [-0.1, -0.05) is 0 Å². The van der Waals surface area contributed by atoms with Crippen molar-refractivity contribution in [2.75, 3.05) is 51.3 Å². The molecular formula is C18H24N6O3. The van der Waals surface area contributed by atoms with Gasteiger partial charge in [-0.2, -0.15) is 5.10 Å². The first-order chi connectivity index (χ1) is 13.1. The molecule has 1 N–H and O–H groups in total. The van der Waals surface area contributed by atoms with Gasteiger partial charge in [-0.15, -0.1) is 0 Å². The molecule has 3 heterocycles. The topological polar surface area (TPSA) is 88.7 Å². The van der Waals surface area contributed by atoms with Crippen molar-refractivity contribution in [3.63, 3.8) is 0 Å². The molecule has 27 heavy (non-hydrogen) atoms. The van der Waals surface area contributed by atoms with Crippen LogP contribution in [0, 0.1) is 10.1 Å². The maximum Gasteiger partial charge on any atom is 0.311 e. The molecule has 2 saturated heterocycles. The Morgan fingerprint density at radius 3 is 2.52 bits per heavy atom. The maximum absolute atomic E-state index is 11.5. The molecule has 1 aromatic heterocycles. The van der Waals surface area contributed by atoms with Crippen molar-refractivity contribution in [2.24, 2.45) is 7.05 Å². The molecule has 2 aliphatic rings. The Labute approximate surface area is 157 Å². The smallest absolute Gasteiger partial charge is 0.311 e. The van der Waals surface area contributed by atoms with Crippen LogP contribution >= 0.6 is 0 Å². The number of piperazine rings is 1. The van der Waals surface area contributed by atoms with E-state index >= 15 is 0 Å². The minimum atomic E-state index is -0.399. The minimum absolute atomic E-state index is 0.0284. The van der Waals surface area contributed by atoms with Gasteiger partial charge in [-0.25, -0.2) is 0 Å². The van der Waals surface area contributed by atoms with Crippen molar-refractivity contribution < 1.29 is 9.66 Å². The molecule has 0 amide bonds. The van der Waals surface area contributed by atoms with Crippen LogP contribution in [0.3, 0.4) is 0 Å². The zero-order valence-electron chi connectivity index (χ0n) is 15.6. The summed E-state index contributed by atoms with van der Waals surface area (Å²) in [5, 5.41) is 19.0. The van der Waals surface area contributed by atoms with Crippen molar-refractivity contribution >= 4 is 11.4 Å². The molecule has 1 aromatic carbocycles. The van der Waals surface area contributed by atoms with Crippen molar-refractivity contribution in [1.82, 2.24) is 20.0 Å². The number of nitro groups is 1. The fraction of sp³-hybridized carbons (Fsp3) is 0.500. The average molecular weight is 372 g/mol. The monoisotopic (exact) mass is 372 g/mol. The number of methoxy groups -OCH3 is 1. The van der Waals surface area contributed by atoms with Gasteiger partial charge in [0.25, 0.3) is 0 Å². The summed E-state index contributed by atoms with van der Waals surface area (Å²) in [6.45, 7) is 5.85. The summed E-state index contributed by atoms with van der Waals surface area (Å²) in [6.07, 6.45) is 3.62. The van der Waals surface area contributed by atoms with E-state index < -0.39 is 4.92 Å². The lowest BCUT2D eigenvalue weighted by Crippen LogP contribution is -2.61. The predicted molar refractivity (Wildman–Crippen MR) is 102 cm³/mol. The molecule has 9 nitrogen and oxygen atoms in total. The van der Waals surface area contributed by atoms with Crippen molar-refractivity contribution in [3.8, 4) is 16.9 Å². The summed E-state index contributed by atoms with van der Waals surface area (Å²) in [5.74, 6) is 0.285. The highest BCUT2D eigenvalue weighted by atomic mass is 16.6. The number of nitro benzene ring substituents is 1. The van der Waals surface area contributed by atoms with Crippen LogP contribution in [-0.4, -0.2) is 72.0 Å². The SMILES string of the molecule is COc1cc(N2CCN(C3CNC3)CC2)c(-c2cnn(C)c2)cc1[N+](=O)[O-]. The number of hydrogen-bond donors (Lipinski definition) is 1. The largest absolute Gasteiger partial charge is 0.490 e. The minimum Gasteiger partial charge on any atom is -0.490 e. The van der Waals surface area contributed by atoms with Gasteiger partial charge in [-0.05, 0) is 0 Å². The summed E-state index contributed by atoms with van der Waals surface area (Å²) < 4.78 is 7.02. The number of nitrogens with zero attached hydrogens (tertiary/aromatic N) is 5. The number of aromatic nitrogens is 2. The first kappa shape index (κ1) is 17.7. The van der Waals surface area contributed by atoms with E-state index in [9.17, 15) is 10.1 Å². The summed E-state index contributed by atoms with van der Waals surface area (Å²) in [7, 11) is 3.31. The third kappa shape index (κ3) is 3.35. The Kier molecular flexibility index (Phi) is 4.71. The number of benzene rings is 1. The third-order valence-corrected chi connectivity index (χ3v) is 5.44. The van der Waals surface area contributed by atoms with E-state index in [2.05, 4.69) is 20.2 Å². The summed E-state index contributed by atoms with van der Waals surface area (Å²) in [5.41, 5.74) is 2.61. The van der Waals surface area contributed by atoms with Crippen LogP contribution < -0.4 is 15.0 Å². The lowest BCUT2D eigenvalue weighted by atomic mass is 10.0. The number of anilines is 1. The molecule has 0 spiro atoms. The zero-order chi connectivity index (χ0) is 19.0. The molecule has 4 rings (SSSR count). The highest BCUT2D eigenvalue weighted by Gasteiger charge is 2.30. The van der Waals surface area contributed by atoms with Crippen molar-refractivity contribution in [1.29, 1.82) is 0 Å². The van der Waals surface area contributed by atoms with Crippen LogP contribution in [0.2, 0.25) is 0 Å². The Morgan fingerprint density at radius 1 is 1.26 bits per heavy atom. The molecule has 0 atom stereocenters. The lowest BCUT2D eigenvalue weighted by Gasteiger charge is -2.44. The van der Waals surface area contributed by atoms with Gasteiger partial charge in [0.2, 0.25) is 0 Å². The molecule has 0 saturated carbocycles. The normalized spacial score (nSPS) is 18.4. The number of hydrogen-bond acceptors (Lipinski definition) is 7. The lowest BCUT2D eigenvalue weighted by molar-refractivity contribution is -0.385. The van der Waals surface area contributed by atoms with Gasteiger partial charge < -0.3 is 15.0 Å². The number of rotatable bonds is 5. The first-order valence-electron chi connectivity index (χ1n) is 9.12. The molecule has 0 radical (unpaired) electrons. The van der Waals surface area contributed by atoms with Gasteiger partial charge in [0.1, 0.15) is 0 Å². The summed E-state index contributed by atoms with van der Waals surface area (Å²) in [6, 6.07) is 4.03. The number of ether oxygens (including phenoxy) is 1. The van der Waals surface area contributed by atoms with E-state index in [1.807, 2.05) is 13.2 Å². The van der Waals surface area contributed by atoms with E-state index in [-0.39, 0.29) is 11.4 Å². The number of nitrogens with one attached hydrogen (secondary N) is 1. The summed E-state index contributed by atoms with van der Waals surface area (Å²) >= 11 is 0. The zero-order valence-corrected chi connectivity index (χ0v) is 15.6. The molecule has 2 aliphatic heterocycles. The van der Waals surface area contributed by atoms with E-state index in [4.69, 9.17) is 4.74 Å². The third-order valence-electron chi connectivity index (χ3n) is 5.44. The molecule has 0 bridgehead atoms. The fourth-order valence-corrected chi connectivity index (χ4v) is 3.78. The van der Waals surface area contributed by atoms with Crippen LogP contribution in [0.1, 0.15) is 0 Å². The van der Waals surface area contributed by atoms with Gasteiger partial charge in [0.15, 0.2) is 5.75 Å². The van der Waals surface area contributed by atoms with E-state index in [1.165, 1.54) is 7.11 Å². The Balaban J connectivity index is 1.68. The quantitative estimate of drug-likeness (QED) is 0.621. The van der Waals surface area contributed by atoms with E-state index in [1.54, 1.807) is 23.0 Å². The highest BCUT2D eigenvalue weighted by molar-refractivity contribution is 5.82. The first-order valence-corrected chi connectivity index (χ1v) is 9.12. The van der Waals surface area contributed by atoms with Gasteiger partial charge in [0.05, 0.1) is 18.2 Å². The molecule has 2 fully saturated rings. The van der Waals surface area contributed by atoms with Crippen LogP contribution in [0.4, 0.5) is 11.4 Å². The Bertz CT molecular complexity index is 840. The van der Waals surface area contributed by atoms with Gasteiger partial charge in [-0.3, -0.25) is 19.7 Å². The van der Waals surface area contributed by atoms with E-state index in [0.717, 1.165) is 56.1 Å². The maximum atomic E-state index is 11.5. The summed E-state index contributed by atoms with van der Waals surface area (Å²) in [4.78, 5) is 15.9. The second-order valence-corrected chi connectivity index (χ2v) is 7.04. The van der Waals surface area contributed by atoms with Crippen molar-refractivity contribution in [2.45, 2.75) is 6.04 Å². The van der Waals surface area contributed by atoms with Gasteiger partial charge in [0, 0.05) is 87.5 Å². The molecule has 0 aliphatic carbocycles. The number of aryl methyl sites for hydroxylation is 1. The molecule has 9 heteroatoms. The molecule has 0 unspecified atom stereocenters. The van der Waals surface area contributed by atoms with E-state index in [0.29, 0.717) is 6.04 Å². The van der Waals surface area contributed by atoms with Gasteiger partial charge >= 0.3 is 5.69 Å². The Hall–Kier alpha value is -2.65. The standard InChI is InChI=1S/C18H24N6O3/c1-21-12-13(9-20-21)15-7-17(24(25)26)18(27-2)8-16(15)23-5-3-22(4-6-23)14-10-19-11-14/h7-9,12,14,19H,3-6,10-11H2,1-2H3. The second-order valence-electron chi connectivity index (χ2n) is 7.04. The molecule has 2 aromatic rings. The molecule has 144 valence electrons. The van der Waals surface area contributed by atoms with Crippen LogP contribution in [0.25, 0.3) is 11.1 Å². The van der Waals surface area contributed by atoms with Crippen LogP contribution in [-0.2, 0) is 7.05 Å². The average Bonchev–Trinajstić information content (AvgIpc) is 3.06. The van der Waals surface area contributed by atoms with Crippen LogP contribution in [0.15, 0.2) is 24.5 Å². The predicted octanol–water partition coefficient (Wildman–Crippen LogP) is 1.10. The van der Waals surface area contributed by atoms with Crippen molar-refractivity contribution in [3.05, 3.63) is 34.6 Å². The second kappa shape index (κ2) is 7.16. The van der Waals surface area contributed by atoms with Crippen LogP contribution in [0.5, 0.6) is 5.75 Å². The highest BCUT2D eigenvalue weighted by Crippen LogP contribution is 2.40. The Morgan fingerprint density at radius 2 is 2.00 bits per heavy atom. The molecular weight excluding hydrogens is 348 g/mol. The fourth-order valence-electron chi connectivity index (χ4n) is 3.78.